The van der Waals surface area contributed by atoms with Crippen molar-refractivity contribution >= 4 is 11.9 Å². The Kier molecular flexibility index (Phi) is 4.20. The molecule has 88 valence electrons. The molecule has 0 spiro atoms. The van der Waals surface area contributed by atoms with Gasteiger partial charge in [-0.05, 0) is 24.3 Å². The lowest BCUT2D eigenvalue weighted by atomic mass is 10.1. The highest BCUT2D eigenvalue weighted by Crippen LogP contribution is 2.03. The van der Waals surface area contributed by atoms with E-state index < -0.39 is 24.5 Å². The molecule has 1 amide bonds. The van der Waals surface area contributed by atoms with E-state index in [9.17, 15) is 9.59 Å². The van der Waals surface area contributed by atoms with E-state index in [0.29, 0.717) is 5.56 Å². The summed E-state index contributed by atoms with van der Waals surface area (Å²) in [4.78, 5) is 22.1. The van der Waals surface area contributed by atoms with Crippen LogP contribution in [0.25, 0.3) is 0 Å². The van der Waals surface area contributed by atoms with E-state index in [-0.39, 0.29) is 5.56 Å². The third kappa shape index (κ3) is 3.29. The fraction of sp³-hybridized carbons (Fsp3) is 0.182. The molecule has 0 bridgehead atoms. The van der Waals surface area contributed by atoms with Gasteiger partial charge in [-0.1, -0.05) is 0 Å². The number of nitrogens with one attached hydrogen (secondary N) is 1. The highest BCUT2D eigenvalue weighted by molar-refractivity contribution is 5.96. The normalized spacial score (nSPS) is 11.3. The molecule has 0 fully saturated rings. The summed E-state index contributed by atoms with van der Waals surface area (Å²) in [6, 6.07) is 6.27. The summed E-state index contributed by atoms with van der Waals surface area (Å²) < 4.78 is 0. The first-order valence-corrected chi connectivity index (χ1v) is 4.73. The lowest BCUT2D eigenvalue weighted by Crippen LogP contribution is -2.43. The smallest absolute Gasteiger partial charge is 0.328 e. The molecule has 3 N–H and O–H groups in total. The minimum Gasteiger partial charge on any atom is -0.480 e. The minimum atomic E-state index is -1.34. The molecule has 6 nitrogen and oxygen atoms in total. The van der Waals surface area contributed by atoms with Crippen LogP contribution in [0.3, 0.4) is 0 Å². The highest BCUT2D eigenvalue weighted by Gasteiger charge is 2.19. The number of rotatable bonds is 4. The molecule has 0 aliphatic carbocycles. The van der Waals surface area contributed by atoms with Crippen molar-refractivity contribution in [3.05, 3.63) is 35.4 Å². The number of carboxylic acid groups (broad SMARTS) is 1. The van der Waals surface area contributed by atoms with Crippen molar-refractivity contribution in [2.24, 2.45) is 0 Å². The number of nitrogens with zero attached hydrogens (tertiary/aromatic N) is 1. The second-order valence-electron chi connectivity index (χ2n) is 3.24. The number of aliphatic hydroxyl groups is 1. The number of carboxylic acids is 1. The van der Waals surface area contributed by atoms with Crippen molar-refractivity contribution in [2.45, 2.75) is 6.04 Å². The third-order valence-electron chi connectivity index (χ3n) is 2.06. The van der Waals surface area contributed by atoms with E-state index in [0.717, 1.165) is 0 Å². The summed E-state index contributed by atoms with van der Waals surface area (Å²) in [5, 5.41) is 28.1. The molecule has 1 aromatic rings. The summed E-state index contributed by atoms with van der Waals surface area (Å²) in [5.41, 5.74) is 0.627. The van der Waals surface area contributed by atoms with Crippen LogP contribution in [-0.2, 0) is 4.79 Å². The van der Waals surface area contributed by atoms with Gasteiger partial charge in [0.1, 0.15) is 0 Å². The maximum Gasteiger partial charge on any atom is 0.328 e. The van der Waals surface area contributed by atoms with Crippen LogP contribution < -0.4 is 5.32 Å². The summed E-state index contributed by atoms with van der Waals surface area (Å²) in [5.74, 6) is -1.93. The second kappa shape index (κ2) is 5.63. The molecule has 0 aliphatic rings. The fourth-order valence-electron chi connectivity index (χ4n) is 1.12. The number of aliphatic carboxylic acids is 1. The molecule has 1 aromatic carbocycles. The monoisotopic (exact) mass is 234 g/mol. The second-order valence-corrected chi connectivity index (χ2v) is 3.24. The maximum atomic E-state index is 11.5. The molecule has 0 heterocycles. The number of amides is 1. The zero-order valence-electron chi connectivity index (χ0n) is 8.75. The Morgan fingerprint density at radius 1 is 1.35 bits per heavy atom. The van der Waals surface area contributed by atoms with Crippen molar-refractivity contribution in [3.63, 3.8) is 0 Å². The van der Waals surface area contributed by atoms with Crippen LogP contribution in [0.15, 0.2) is 24.3 Å². The zero-order chi connectivity index (χ0) is 12.8. The largest absolute Gasteiger partial charge is 0.480 e. The molecular formula is C11H10N2O4. The van der Waals surface area contributed by atoms with E-state index in [1.807, 2.05) is 6.07 Å². The molecule has 1 unspecified atom stereocenters. The van der Waals surface area contributed by atoms with Crippen LogP contribution in [0.4, 0.5) is 0 Å². The first kappa shape index (κ1) is 12.7. The third-order valence-corrected chi connectivity index (χ3v) is 2.06. The van der Waals surface area contributed by atoms with Gasteiger partial charge in [0.25, 0.3) is 5.91 Å². The Hall–Kier alpha value is -2.39. The first-order valence-electron chi connectivity index (χ1n) is 4.73. The number of nitriles is 1. The van der Waals surface area contributed by atoms with E-state index >= 15 is 0 Å². The summed E-state index contributed by atoms with van der Waals surface area (Å²) in [6.45, 7) is -0.683. The summed E-state index contributed by atoms with van der Waals surface area (Å²) >= 11 is 0. The molecule has 1 atom stereocenters. The zero-order valence-corrected chi connectivity index (χ0v) is 8.75. The Labute approximate surface area is 97.1 Å². The summed E-state index contributed by atoms with van der Waals surface area (Å²) in [6.07, 6.45) is 0. The highest BCUT2D eigenvalue weighted by atomic mass is 16.4. The van der Waals surface area contributed by atoms with Gasteiger partial charge in [0, 0.05) is 5.56 Å². The van der Waals surface area contributed by atoms with Crippen molar-refractivity contribution in [2.75, 3.05) is 6.61 Å². The molecule has 6 heteroatoms. The Balaban J connectivity index is 2.76. The molecule has 0 saturated heterocycles. The van der Waals surface area contributed by atoms with Crippen molar-refractivity contribution in [1.29, 1.82) is 5.26 Å². The van der Waals surface area contributed by atoms with Crippen LogP contribution in [0.2, 0.25) is 0 Å². The Bertz CT molecular complexity index is 461. The topological polar surface area (TPSA) is 110 Å². The molecule has 0 saturated carbocycles. The van der Waals surface area contributed by atoms with Gasteiger partial charge in [0.15, 0.2) is 6.04 Å². The van der Waals surface area contributed by atoms with Crippen molar-refractivity contribution in [1.82, 2.24) is 5.32 Å². The minimum absolute atomic E-state index is 0.226. The molecule has 0 radical (unpaired) electrons. The van der Waals surface area contributed by atoms with Gasteiger partial charge in [-0.15, -0.1) is 0 Å². The van der Waals surface area contributed by atoms with Gasteiger partial charge >= 0.3 is 5.97 Å². The van der Waals surface area contributed by atoms with Gasteiger partial charge in [0.05, 0.1) is 18.2 Å². The molecule has 1 rings (SSSR count). The molecule has 0 aromatic heterocycles. The first-order chi connectivity index (χ1) is 8.08. The number of hydrogen-bond donors (Lipinski definition) is 3. The van der Waals surface area contributed by atoms with Crippen LogP contribution in [0.1, 0.15) is 15.9 Å². The van der Waals surface area contributed by atoms with Gasteiger partial charge in [-0.25, -0.2) is 4.79 Å². The predicted octanol–water partition coefficient (Wildman–Crippen LogP) is -0.266. The number of benzene rings is 1. The maximum absolute atomic E-state index is 11.5. The van der Waals surface area contributed by atoms with Crippen LogP contribution in [-0.4, -0.2) is 34.7 Å². The fourth-order valence-corrected chi connectivity index (χ4v) is 1.12. The number of hydrogen-bond acceptors (Lipinski definition) is 4. The summed E-state index contributed by atoms with van der Waals surface area (Å²) in [7, 11) is 0. The van der Waals surface area contributed by atoms with Crippen LogP contribution in [0.5, 0.6) is 0 Å². The lowest BCUT2D eigenvalue weighted by molar-refractivity contribution is -0.140. The molecule has 0 aliphatic heterocycles. The molecular weight excluding hydrogens is 224 g/mol. The number of aliphatic hydroxyl groups excluding tert-OH is 1. The van der Waals surface area contributed by atoms with Gasteiger partial charge in [-0.2, -0.15) is 5.26 Å². The van der Waals surface area contributed by atoms with Gasteiger partial charge in [-0.3, -0.25) is 4.79 Å². The van der Waals surface area contributed by atoms with Crippen LogP contribution >= 0.6 is 0 Å². The lowest BCUT2D eigenvalue weighted by Gasteiger charge is -2.11. The van der Waals surface area contributed by atoms with Crippen molar-refractivity contribution in [3.8, 4) is 6.07 Å². The molecule has 17 heavy (non-hydrogen) atoms. The van der Waals surface area contributed by atoms with E-state index in [1.54, 1.807) is 0 Å². The Morgan fingerprint density at radius 3 is 2.35 bits per heavy atom. The quantitative estimate of drug-likeness (QED) is 0.664. The predicted molar refractivity (Wildman–Crippen MR) is 57.1 cm³/mol. The van der Waals surface area contributed by atoms with Crippen molar-refractivity contribution < 1.29 is 19.8 Å². The average molecular weight is 234 g/mol. The number of carbonyl (C=O) groups is 2. The number of carbonyl (C=O) groups excluding carboxylic acids is 1. The SMILES string of the molecule is N#Cc1ccc(C(=O)NC(CO)C(=O)O)cc1. The Morgan fingerprint density at radius 2 is 1.94 bits per heavy atom. The van der Waals surface area contributed by atoms with Gasteiger partial charge < -0.3 is 15.5 Å². The van der Waals surface area contributed by atoms with E-state index in [1.165, 1.54) is 24.3 Å². The van der Waals surface area contributed by atoms with E-state index in [2.05, 4.69) is 5.32 Å². The standard InChI is InChI=1S/C11H10N2O4/c12-5-7-1-3-8(4-2-7)10(15)13-9(6-14)11(16)17/h1-4,9,14H,6H2,(H,13,15)(H,16,17). The van der Waals surface area contributed by atoms with Gasteiger partial charge in [0.2, 0.25) is 0 Å². The van der Waals surface area contributed by atoms with E-state index in [4.69, 9.17) is 15.5 Å². The average Bonchev–Trinajstić information content (AvgIpc) is 2.35. The van der Waals surface area contributed by atoms with Crippen LogP contribution in [0, 0.1) is 11.3 Å².